The summed E-state index contributed by atoms with van der Waals surface area (Å²) in [7, 11) is 0. The molecule has 2 N–H and O–H groups in total. The van der Waals surface area contributed by atoms with Crippen molar-refractivity contribution in [3.63, 3.8) is 0 Å². The van der Waals surface area contributed by atoms with Gasteiger partial charge in [-0.2, -0.15) is 0 Å². The lowest BCUT2D eigenvalue weighted by molar-refractivity contribution is 0.608. The molecule has 13 heavy (non-hydrogen) atoms. The van der Waals surface area contributed by atoms with Gasteiger partial charge in [0.05, 0.1) is 0 Å². The van der Waals surface area contributed by atoms with Crippen LogP contribution in [0.4, 0.5) is 5.69 Å². The molecule has 1 saturated carbocycles. The summed E-state index contributed by atoms with van der Waals surface area (Å²) in [6.45, 7) is 2.25. The van der Waals surface area contributed by atoms with E-state index in [1.54, 1.807) is 0 Å². The van der Waals surface area contributed by atoms with Gasteiger partial charge in [-0.15, -0.1) is 0 Å². The highest BCUT2D eigenvalue weighted by Gasteiger charge is 2.43. The van der Waals surface area contributed by atoms with Gasteiger partial charge in [0.15, 0.2) is 0 Å². The summed E-state index contributed by atoms with van der Waals surface area (Å²) < 4.78 is 0. The van der Waals surface area contributed by atoms with Crippen molar-refractivity contribution in [3.05, 3.63) is 29.8 Å². The lowest BCUT2D eigenvalue weighted by Gasteiger charge is -2.16. The number of hydrogen-bond acceptors (Lipinski definition) is 1. The predicted molar refractivity (Wildman–Crippen MR) is 56.7 cm³/mol. The minimum atomic E-state index is 0.458. The van der Waals surface area contributed by atoms with Gasteiger partial charge in [0.1, 0.15) is 0 Å². The predicted octanol–water partition coefficient (Wildman–Crippen LogP) is 3.10. The number of rotatable bonds is 3. The maximum atomic E-state index is 5.98. The number of nitrogens with two attached hydrogens (primary N) is 1. The molecular weight excluding hydrogens is 158 g/mol. The Morgan fingerprint density at radius 3 is 2.54 bits per heavy atom. The Morgan fingerprint density at radius 2 is 2.00 bits per heavy atom. The molecule has 1 aromatic carbocycles. The van der Waals surface area contributed by atoms with Crippen LogP contribution in [-0.4, -0.2) is 0 Å². The van der Waals surface area contributed by atoms with Crippen molar-refractivity contribution in [1.82, 2.24) is 0 Å². The summed E-state index contributed by atoms with van der Waals surface area (Å²) in [6.07, 6.45) is 5.21. The molecule has 0 atom stereocenters. The first-order valence-electron chi connectivity index (χ1n) is 5.13. The van der Waals surface area contributed by atoms with Crippen molar-refractivity contribution >= 4 is 5.69 Å². The van der Waals surface area contributed by atoms with E-state index in [-0.39, 0.29) is 0 Å². The van der Waals surface area contributed by atoms with E-state index in [0.717, 1.165) is 5.69 Å². The van der Waals surface area contributed by atoms with Crippen molar-refractivity contribution in [2.45, 2.75) is 38.0 Å². The summed E-state index contributed by atoms with van der Waals surface area (Å²) in [5.41, 5.74) is 8.80. The second kappa shape index (κ2) is 3.06. The average Bonchev–Trinajstić information content (AvgIpc) is 2.87. The van der Waals surface area contributed by atoms with Crippen molar-refractivity contribution in [2.75, 3.05) is 5.73 Å². The highest BCUT2D eigenvalue weighted by atomic mass is 14.6. The number of nitrogen functional groups attached to an aromatic ring is 1. The van der Waals surface area contributed by atoms with Gasteiger partial charge in [-0.1, -0.05) is 31.5 Å². The molecule has 1 aliphatic carbocycles. The fourth-order valence-corrected chi connectivity index (χ4v) is 2.26. The normalized spacial score (nSPS) is 18.5. The third-order valence-electron chi connectivity index (χ3n) is 3.11. The fourth-order valence-electron chi connectivity index (χ4n) is 2.26. The minimum absolute atomic E-state index is 0.458. The molecule has 0 spiro atoms. The molecule has 2 rings (SSSR count). The Morgan fingerprint density at radius 1 is 1.31 bits per heavy atom. The van der Waals surface area contributed by atoms with Gasteiger partial charge in [-0.05, 0) is 36.3 Å². The van der Waals surface area contributed by atoms with Crippen LogP contribution in [0.1, 0.15) is 38.2 Å². The first-order valence-corrected chi connectivity index (χ1v) is 5.13. The van der Waals surface area contributed by atoms with Crippen LogP contribution < -0.4 is 5.73 Å². The van der Waals surface area contributed by atoms with Gasteiger partial charge in [0.2, 0.25) is 0 Å². The van der Waals surface area contributed by atoms with Crippen molar-refractivity contribution < 1.29 is 0 Å². The van der Waals surface area contributed by atoms with Gasteiger partial charge in [-0.25, -0.2) is 0 Å². The van der Waals surface area contributed by atoms with Gasteiger partial charge in [-0.3, -0.25) is 0 Å². The zero-order valence-electron chi connectivity index (χ0n) is 8.22. The second-order valence-electron chi connectivity index (χ2n) is 4.12. The number of hydrogen-bond donors (Lipinski definition) is 1. The van der Waals surface area contributed by atoms with E-state index in [1.807, 2.05) is 12.1 Å². The Bertz CT molecular complexity index is 300. The Labute approximate surface area is 80.0 Å². The molecule has 0 aromatic heterocycles. The Balaban J connectivity index is 2.30. The Kier molecular flexibility index (Phi) is 2.03. The molecule has 0 heterocycles. The molecule has 1 aromatic rings. The van der Waals surface area contributed by atoms with Gasteiger partial charge < -0.3 is 5.73 Å². The molecule has 1 aliphatic rings. The molecule has 0 radical (unpaired) electrons. The van der Waals surface area contributed by atoms with Crippen LogP contribution in [-0.2, 0) is 5.41 Å². The van der Waals surface area contributed by atoms with Crippen LogP contribution in [0.25, 0.3) is 0 Å². The van der Waals surface area contributed by atoms with Crippen LogP contribution in [0.2, 0.25) is 0 Å². The molecule has 1 fully saturated rings. The zero-order chi connectivity index (χ0) is 9.31. The second-order valence-corrected chi connectivity index (χ2v) is 4.12. The average molecular weight is 175 g/mol. The summed E-state index contributed by atoms with van der Waals surface area (Å²) in [6, 6.07) is 8.32. The molecule has 0 amide bonds. The van der Waals surface area contributed by atoms with Crippen molar-refractivity contribution in [2.24, 2.45) is 0 Å². The first-order chi connectivity index (χ1) is 6.28. The number of benzene rings is 1. The molecule has 1 heteroatoms. The van der Waals surface area contributed by atoms with Crippen molar-refractivity contribution in [3.8, 4) is 0 Å². The largest absolute Gasteiger partial charge is 0.398 e. The van der Waals surface area contributed by atoms with Gasteiger partial charge in [0, 0.05) is 5.69 Å². The molecule has 0 saturated heterocycles. The lowest BCUT2D eigenvalue weighted by Crippen LogP contribution is -2.08. The minimum Gasteiger partial charge on any atom is -0.398 e. The molecule has 0 bridgehead atoms. The number of anilines is 1. The first kappa shape index (κ1) is 8.61. The van der Waals surface area contributed by atoms with E-state index < -0.39 is 0 Å². The highest BCUT2D eigenvalue weighted by molar-refractivity contribution is 5.52. The molecular formula is C12H17N. The summed E-state index contributed by atoms with van der Waals surface area (Å²) in [5, 5.41) is 0. The quantitative estimate of drug-likeness (QED) is 0.702. The molecule has 0 aliphatic heterocycles. The molecule has 0 unspecified atom stereocenters. The lowest BCUT2D eigenvalue weighted by atomic mass is 9.90. The Hall–Kier alpha value is -0.980. The third kappa shape index (κ3) is 1.43. The van der Waals surface area contributed by atoms with Crippen molar-refractivity contribution in [1.29, 1.82) is 0 Å². The van der Waals surface area contributed by atoms with E-state index in [9.17, 15) is 0 Å². The molecule has 1 nitrogen and oxygen atoms in total. The van der Waals surface area contributed by atoms with E-state index in [1.165, 1.54) is 31.2 Å². The van der Waals surface area contributed by atoms with Crippen LogP contribution in [0.5, 0.6) is 0 Å². The topological polar surface area (TPSA) is 26.0 Å². The monoisotopic (exact) mass is 175 g/mol. The van der Waals surface area contributed by atoms with Crippen LogP contribution in [0.15, 0.2) is 24.3 Å². The smallest absolute Gasteiger partial charge is 0.0352 e. The molecule has 70 valence electrons. The SMILES string of the molecule is CCCC1(c2ccccc2N)CC1. The number of para-hydroxylation sites is 1. The summed E-state index contributed by atoms with van der Waals surface area (Å²) in [5.74, 6) is 0. The zero-order valence-corrected chi connectivity index (χ0v) is 8.22. The van der Waals surface area contributed by atoms with E-state index in [2.05, 4.69) is 19.1 Å². The maximum absolute atomic E-state index is 5.98. The van der Waals surface area contributed by atoms with Gasteiger partial charge in [0.25, 0.3) is 0 Å². The fraction of sp³-hybridized carbons (Fsp3) is 0.500. The summed E-state index contributed by atoms with van der Waals surface area (Å²) in [4.78, 5) is 0. The highest BCUT2D eigenvalue weighted by Crippen LogP contribution is 2.53. The van der Waals surface area contributed by atoms with Crippen LogP contribution in [0, 0.1) is 0 Å². The third-order valence-corrected chi connectivity index (χ3v) is 3.11. The van der Waals surface area contributed by atoms with Crippen LogP contribution >= 0.6 is 0 Å². The standard InChI is InChI=1S/C12H17N/c1-2-7-12(8-9-12)10-5-3-4-6-11(10)13/h3-6H,2,7-9,13H2,1H3. The maximum Gasteiger partial charge on any atom is 0.0352 e. The van der Waals surface area contributed by atoms with E-state index in [0.29, 0.717) is 5.41 Å². The van der Waals surface area contributed by atoms with Gasteiger partial charge >= 0.3 is 0 Å². The van der Waals surface area contributed by atoms with Crippen LogP contribution in [0.3, 0.4) is 0 Å². The van der Waals surface area contributed by atoms with E-state index in [4.69, 9.17) is 5.73 Å². The summed E-state index contributed by atoms with van der Waals surface area (Å²) >= 11 is 0. The van der Waals surface area contributed by atoms with E-state index >= 15 is 0 Å².